The molecule has 1 heterocycles. The van der Waals surface area contributed by atoms with Crippen molar-refractivity contribution in [2.24, 2.45) is 0 Å². The Morgan fingerprint density at radius 1 is 1.05 bits per heavy atom. The lowest BCUT2D eigenvalue weighted by atomic mass is 9.97. The molecule has 116 valence electrons. The number of nitrogens with one attached hydrogen (secondary N) is 2. The number of benzene rings is 2. The van der Waals surface area contributed by atoms with E-state index in [1.54, 1.807) is 0 Å². The topological polar surface area (TPSA) is 59.3 Å². The molecule has 1 saturated heterocycles. The van der Waals surface area contributed by atoms with Gasteiger partial charge in [-0.25, -0.2) is 10.9 Å². The van der Waals surface area contributed by atoms with Crippen LogP contribution in [0.25, 0.3) is 0 Å². The first-order valence-electron chi connectivity index (χ1n) is 7.85. The molecule has 2 atom stereocenters. The number of hydrogen-bond acceptors (Lipinski definition) is 4. The van der Waals surface area contributed by atoms with Gasteiger partial charge in [0.15, 0.2) is 0 Å². The van der Waals surface area contributed by atoms with E-state index < -0.39 is 0 Å². The van der Waals surface area contributed by atoms with Crippen molar-refractivity contribution in [2.45, 2.75) is 31.8 Å². The Morgan fingerprint density at radius 3 is 2.41 bits per heavy atom. The van der Waals surface area contributed by atoms with Crippen LogP contribution >= 0.6 is 0 Å². The van der Waals surface area contributed by atoms with Crippen LogP contribution in [0.3, 0.4) is 0 Å². The highest BCUT2D eigenvalue weighted by Crippen LogP contribution is 2.32. The van der Waals surface area contributed by atoms with Gasteiger partial charge >= 0.3 is 0 Å². The van der Waals surface area contributed by atoms with Crippen molar-refractivity contribution in [1.29, 1.82) is 0 Å². The molecule has 0 radical (unpaired) electrons. The lowest BCUT2D eigenvalue weighted by Crippen LogP contribution is -2.26. The van der Waals surface area contributed by atoms with Gasteiger partial charge in [0.2, 0.25) is 0 Å². The number of nitrogens with two attached hydrogens (primary N) is 1. The van der Waals surface area contributed by atoms with Gasteiger partial charge in [-0.3, -0.25) is 0 Å². The SMILES string of the molecule is CCCOc1cccc(C2CC(c3cccc(N)c3)NN2)c1. The minimum Gasteiger partial charge on any atom is -0.494 e. The Morgan fingerprint density at radius 2 is 1.73 bits per heavy atom. The molecule has 2 aromatic carbocycles. The molecular formula is C18H23N3O. The number of nitrogen functional groups attached to an aromatic ring is 1. The van der Waals surface area contributed by atoms with Gasteiger partial charge in [-0.05, 0) is 48.2 Å². The van der Waals surface area contributed by atoms with Crippen molar-refractivity contribution in [3.05, 3.63) is 59.7 Å². The molecule has 1 aliphatic heterocycles. The molecule has 2 unspecified atom stereocenters. The molecule has 1 fully saturated rings. The van der Waals surface area contributed by atoms with E-state index in [2.05, 4.69) is 42.0 Å². The number of ether oxygens (including phenoxy) is 1. The van der Waals surface area contributed by atoms with Crippen molar-refractivity contribution < 1.29 is 4.74 Å². The van der Waals surface area contributed by atoms with Crippen LogP contribution in [-0.4, -0.2) is 6.61 Å². The lowest BCUT2D eigenvalue weighted by Gasteiger charge is -2.12. The molecule has 0 bridgehead atoms. The quantitative estimate of drug-likeness (QED) is 0.741. The van der Waals surface area contributed by atoms with Crippen LogP contribution in [0.2, 0.25) is 0 Å². The molecule has 0 aliphatic carbocycles. The van der Waals surface area contributed by atoms with Gasteiger partial charge in [0.25, 0.3) is 0 Å². The molecule has 22 heavy (non-hydrogen) atoms. The fourth-order valence-corrected chi connectivity index (χ4v) is 2.81. The van der Waals surface area contributed by atoms with E-state index in [1.807, 2.05) is 24.3 Å². The third-order valence-electron chi connectivity index (χ3n) is 3.95. The molecule has 0 saturated carbocycles. The zero-order chi connectivity index (χ0) is 15.4. The Bertz CT molecular complexity index is 629. The number of rotatable bonds is 5. The monoisotopic (exact) mass is 297 g/mol. The minimum absolute atomic E-state index is 0.272. The van der Waals surface area contributed by atoms with E-state index in [1.165, 1.54) is 11.1 Å². The zero-order valence-corrected chi connectivity index (χ0v) is 12.9. The van der Waals surface area contributed by atoms with Crippen molar-refractivity contribution in [3.8, 4) is 5.75 Å². The Labute approximate surface area is 131 Å². The summed E-state index contributed by atoms with van der Waals surface area (Å²) in [4.78, 5) is 0. The van der Waals surface area contributed by atoms with Gasteiger partial charge in [0.05, 0.1) is 6.61 Å². The Kier molecular flexibility index (Phi) is 4.61. The molecule has 2 aromatic rings. The third kappa shape index (κ3) is 3.40. The van der Waals surface area contributed by atoms with E-state index in [-0.39, 0.29) is 12.1 Å². The summed E-state index contributed by atoms with van der Waals surface area (Å²) in [5, 5.41) is 0. The number of anilines is 1. The highest BCUT2D eigenvalue weighted by Gasteiger charge is 2.26. The average molecular weight is 297 g/mol. The van der Waals surface area contributed by atoms with Gasteiger partial charge in [0.1, 0.15) is 5.75 Å². The number of hydrazine groups is 1. The second kappa shape index (κ2) is 6.81. The summed E-state index contributed by atoms with van der Waals surface area (Å²) >= 11 is 0. The third-order valence-corrected chi connectivity index (χ3v) is 3.95. The molecule has 0 spiro atoms. The largest absolute Gasteiger partial charge is 0.494 e. The van der Waals surface area contributed by atoms with Crippen molar-refractivity contribution in [3.63, 3.8) is 0 Å². The minimum atomic E-state index is 0.272. The second-order valence-corrected chi connectivity index (χ2v) is 5.72. The standard InChI is InChI=1S/C18H23N3O/c1-2-9-22-16-8-4-6-14(11-16)18-12-17(20-21-18)13-5-3-7-15(19)10-13/h3-8,10-11,17-18,20-21H,2,9,12,19H2,1H3. The summed E-state index contributed by atoms with van der Waals surface area (Å²) < 4.78 is 5.72. The normalized spacial score (nSPS) is 21.0. The van der Waals surface area contributed by atoms with E-state index in [0.29, 0.717) is 0 Å². The molecule has 1 aliphatic rings. The maximum atomic E-state index is 5.87. The second-order valence-electron chi connectivity index (χ2n) is 5.72. The van der Waals surface area contributed by atoms with Gasteiger partial charge in [-0.2, -0.15) is 0 Å². The zero-order valence-electron chi connectivity index (χ0n) is 12.9. The highest BCUT2D eigenvalue weighted by molar-refractivity contribution is 5.42. The van der Waals surface area contributed by atoms with Crippen LogP contribution in [0, 0.1) is 0 Å². The first-order chi connectivity index (χ1) is 10.8. The summed E-state index contributed by atoms with van der Waals surface area (Å²) in [7, 11) is 0. The van der Waals surface area contributed by atoms with Crippen LogP contribution in [0.15, 0.2) is 48.5 Å². The summed E-state index contributed by atoms with van der Waals surface area (Å²) in [5.41, 5.74) is 15.9. The fraction of sp³-hybridized carbons (Fsp3) is 0.333. The molecule has 4 nitrogen and oxygen atoms in total. The maximum Gasteiger partial charge on any atom is 0.119 e. The molecule has 0 amide bonds. The van der Waals surface area contributed by atoms with E-state index >= 15 is 0 Å². The molecule has 4 heteroatoms. The van der Waals surface area contributed by atoms with Crippen LogP contribution in [0.4, 0.5) is 5.69 Å². The first-order valence-corrected chi connectivity index (χ1v) is 7.85. The first kappa shape index (κ1) is 14.9. The van der Waals surface area contributed by atoms with Crippen LogP contribution < -0.4 is 21.3 Å². The predicted molar refractivity (Wildman–Crippen MR) is 89.5 cm³/mol. The van der Waals surface area contributed by atoms with Gasteiger partial charge in [-0.1, -0.05) is 31.2 Å². The summed E-state index contributed by atoms with van der Waals surface area (Å²) in [6.45, 7) is 2.87. The van der Waals surface area contributed by atoms with Crippen molar-refractivity contribution >= 4 is 5.69 Å². The van der Waals surface area contributed by atoms with E-state index in [0.717, 1.165) is 30.9 Å². The summed E-state index contributed by atoms with van der Waals surface area (Å²) in [6.07, 6.45) is 2.01. The maximum absolute atomic E-state index is 5.87. The highest BCUT2D eigenvalue weighted by atomic mass is 16.5. The van der Waals surface area contributed by atoms with Crippen LogP contribution in [0.1, 0.15) is 43.0 Å². The van der Waals surface area contributed by atoms with Crippen molar-refractivity contribution in [1.82, 2.24) is 10.9 Å². The lowest BCUT2D eigenvalue weighted by molar-refractivity contribution is 0.317. The molecule has 3 rings (SSSR count). The molecule has 0 aromatic heterocycles. The average Bonchev–Trinajstić information content (AvgIpc) is 3.03. The van der Waals surface area contributed by atoms with Gasteiger partial charge in [0, 0.05) is 17.8 Å². The number of hydrogen-bond donors (Lipinski definition) is 3. The van der Waals surface area contributed by atoms with Gasteiger partial charge < -0.3 is 10.5 Å². The fourth-order valence-electron chi connectivity index (χ4n) is 2.81. The molecule has 4 N–H and O–H groups in total. The Hall–Kier alpha value is -2.04. The van der Waals surface area contributed by atoms with Gasteiger partial charge in [-0.15, -0.1) is 0 Å². The van der Waals surface area contributed by atoms with E-state index in [4.69, 9.17) is 10.5 Å². The Balaban J connectivity index is 1.70. The predicted octanol–water partition coefficient (Wildman–Crippen LogP) is 3.34. The smallest absolute Gasteiger partial charge is 0.119 e. The summed E-state index contributed by atoms with van der Waals surface area (Å²) in [6, 6.07) is 16.9. The van der Waals surface area contributed by atoms with E-state index in [9.17, 15) is 0 Å². The van der Waals surface area contributed by atoms with Crippen LogP contribution in [0.5, 0.6) is 5.75 Å². The summed E-state index contributed by atoms with van der Waals surface area (Å²) in [5.74, 6) is 0.938. The van der Waals surface area contributed by atoms with Crippen molar-refractivity contribution in [2.75, 3.05) is 12.3 Å². The van der Waals surface area contributed by atoms with Crippen LogP contribution in [-0.2, 0) is 0 Å². The molecular weight excluding hydrogens is 274 g/mol.